The van der Waals surface area contributed by atoms with Crippen LogP contribution in [0.25, 0.3) is 0 Å². The zero-order valence-corrected chi connectivity index (χ0v) is 11.4. The zero-order valence-electron chi connectivity index (χ0n) is 9.77. The molecule has 4 N–H and O–H groups in total. The van der Waals surface area contributed by atoms with Crippen LogP contribution >= 0.6 is 0 Å². The van der Waals surface area contributed by atoms with Crippen molar-refractivity contribution >= 4 is 25.8 Å². The highest BCUT2D eigenvalue weighted by Crippen LogP contribution is 2.15. The molecule has 9 nitrogen and oxygen atoms in total. The van der Waals surface area contributed by atoms with Crippen LogP contribution in [0.3, 0.4) is 0 Å². The molecule has 2 rings (SSSR count). The summed E-state index contributed by atoms with van der Waals surface area (Å²) < 4.78 is 48.8. The first kappa shape index (κ1) is 14.1. The van der Waals surface area contributed by atoms with Gasteiger partial charge in [-0.25, -0.2) is 37.4 Å². The lowest BCUT2D eigenvalue weighted by Gasteiger charge is -2.11. The van der Waals surface area contributed by atoms with E-state index in [-0.39, 0.29) is 28.8 Å². The molecule has 1 unspecified atom stereocenters. The van der Waals surface area contributed by atoms with Crippen molar-refractivity contribution in [2.75, 3.05) is 16.9 Å². The summed E-state index contributed by atoms with van der Waals surface area (Å²) in [4.78, 5) is 7.22. The molecule has 0 spiro atoms. The van der Waals surface area contributed by atoms with Gasteiger partial charge in [-0.15, -0.1) is 0 Å². The van der Waals surface area contributed by atoms with Gasteiger partial charge in [-0.1, -0.05) is 0 Å². The maximum atomic E-state index is 12.0. The van der Waals surface area contributed by atoms with E-state index in [1.54, 1.807) is 0 Å². The molecule has 0 aromatic carbocycles. The van der Waals surface area contributed by atoms with Crippen molar-refractivity contribution in [2.24, 2.45) is 5.84 Å². The number of rotatable bonds is 4. The van der Waals surface area contributed by atoms with Crippen molar-refractivity contribution in [2.45, 2.75) is 17.4 Å². The summed E-state index contributed by atoms with van der Waals surface area (Å²) in [6, 6.07) is -0.609. The van der Waals surface area contributed by atoms with E-state index in [0.717, 1.165) is 12.4 Å². The average molecular weight is 307 g/mol. The Balaban J connectivity index is 2.14. The number of nitrogens with one attached hydrogen (secondary N) is 2. The van der Waals surface area contributed by atoms with E-state index in [1.807, 2.05) is 0 Å². The summed E-state index contributed by atoms with van der Waals surface area (Å²) >= 11 is 0. The number of hydrazine groups is 1. The van der Waals surface area contributed by atoms with Crippen LogP contribution in [0.2, 0.25) is 0 Å². The lowest BCUT2D eigenvalue weighted by Crippen LogP contribution is -2.35. The molecule has 0 aliphatic carbocycles. The number of sulfonamides is 1. The molecular weight excluding hydrogens is 294 g/mol. The maximum absolute atomic E-state index is 12.0. The van der Waals surface area contributed by atoms with Crippen molar-refractivity contribution in [3.8, 4) is 0 Å². The van der Waals surface area contributed by atoms with Gasteiger partial charge < -0.3 is 0 Å². The lowest BCUT2D eigenvalue weighted by atomic mass is 10.3. The maximum Gasteiger partial charge on any atom is 0.243 e. The van der Waals surface area contributed by atoms with Crippen molar-refractivity contribution in [3.05, 3.63) is 12.4 Å². The molecule has 106 valence electrons. The normalized spacial score (nSPS) is 22.3. The van der Waals surface area contributed by atoms with Gasteiger partial charge in [0.1, 0.15) is 4.90 Å². The van der Waals surface area contributed by atoms with Crippen LogP contribution in [0.15, 0.2) is 17.3 Å². The number of aromatic nitrogens is 2. The van der Waals surface area contributed by atoms with Gasteiger partial charge >= 0.3 is 0 Å². The summed E-state index contributed by atoms with van der Waals surface area (Å²) in [7, 11) is -6.97. The summed E-state index contributed by atoms with van der Waals surface area (Å²) in [5.41, 5.74) is 2.17. The number of anilines is 1. The number of nitrogens with two attached hydrogens (primary N) is 1. The molecule has 1 fully saturated rings. The van der Waals surface area contributed by atoms with Crippen LogP contribution in [0.4, 0.5) is 5.95 Å². The Bertz CT molecular complexity index is 655. The fourth-order valence-corrected chi connectivity index (χ4v) is 4.64. The summed E-state index contributed by atoms with van der Waals surface area (Å²) in [6.45, 7) is 0. The van der Waals surface area contributed by atoms with Crippen LogP contribution < -0.4 is 16.0 Å². The van der Waals surface area contributed by atoms with Gasteiger partial charge in [-0.05, 0) is 6.42 Å². The van der Waals surface area contributed by atoms with E-state index < -0.39 is 25.9 Å². The second-order valence-electron chi connectivity index (χ2n) is 4.11. The van der Waals surface area contributed by atoms with E-state index >= 15 is 0 Å². The minimum Gasteiger partial charge on any atom is -0.292 e. The van der Waals surface area contributed by atoms with Gasteiger partial charge in [0.05, 0.1) is 23.9 Å². The first-order valence-electron chi connectivity index (χ1n) is 5.34. The van der Waals surface area contributed by atoms with Crippen molar-refractivity contribution in [1.29, 1.82) is 0 Å². The predicted molar refractivity (Wildman–Crippen MR) is 67.2 cm³/mol. The fourth-order valence-electron chi connectivity index (χ4n) is 1.70. The standard InChI is InChI=1S/C8H13N5O4S2/c9-12-8-10-3-7(4-11-8)19(16,17)13-6-1-2-18(14,15)5-6/h3-4,6,13H,1-2,5,9H2,(H,10,11,12). The topological polar surface area (TPSA) is 144 Å². The van der Waals surface area contributed by atoms with Gasteiger partial charge in [0.25, 0.3) is 0 Å². The Morgan fingerprint density at radius 2 is 1.95 bits per heavy atom. The van der Waals surface area contributed by atoms with Gasteiger partial charge in [0, 0.05) is 6.04 Å². The molecule has 11 heteroatoms. The van der Waals surface area contributed by atoms with Crippen LogP contribution in [-0.4, -0.2) is 44.4 Å². The Hall–Kier alpha value is -1.30. The molecule has 0 amide bonds. The molecule has 1 aromatic heterocycles. The molecule has 2 heterocycles. The predicted octanol–water partition coefficient (Wildman–Crippen LogP) is -1.77. The number of nitrogens with zero attached hydrogens (tertiary/aromatic N) is 2. The summed E-state index contributed by atoms with van der Waals surface area (Å²) in [5.74, 6) is 4.96. The molecule has 1 aliphatic heterocycles. The van der Waals surface area contributed by atoms with Crippen molar-refractivity contribution < 1.29 is 16.8 Å². The fraction of sp³-hybridized carbons (Fsp3) is 0.500. The third kappa shape index (κ3) is 3.37. The van der Waals surface area contributed by atoms with Crippen molar-refractivity contribution in [1.82, 2.24) is 14.7 Å². The van der Waals surface area contributed by atoms with E-state index in [1.165, 1.54) is 0 Å². The number of hydrogen-bond acceptors (Lipinski definition) is 8. The molecule has 1 saturated heterocycles. The summed E-state index contributed by atoms with van der Waals surface area (Å²) in [6.07, 6.45) is 2.45. The largest absolute Gasteiger partial charge is 0.292 e. The van der Waals surface area contributed by atoms with E-state index in [0.29, 0.717) is 0 Å². The van der Waals surface area contributed by atoms with Crippen molar-refractivity contribution in [3.63, 3.8) is 0 Å². The molecule has 1 atom stereocenters. The highest BCUT2D eigenvalue weighted by molar-refractivity contribution is 7.92. The van der Waals surface area contributed by atoms with E-state index in [2.05, 4.69) is 20.1 Å². The molecule has 19 heavy (non-hydrogen) atoms. The smallest absolute Gasteiger partial charge is 0.243 e. The van der Waals surface area contributed by atoms with Gasteiger partial charge in [0.15, 0.2) is 9.84 Å². The van der Waals surface area contributed by atoms with Crippen LogP contribution in [0.5, 0.6) is 0 Å². The van der Waals surface area contributed by atoms with Gasteiger partial charge in [-0.3, -0.25) is 5.43 Å². The molecule has 1 aromatic rings. The summed E-state index contributed by atoms with van der Waals surface area (Å²) in [5, 5.41) is 0. The van der Waals surface area contributed by atoms with E-state index in [9.17, 15) is 16.8 Å². The molecule has 0 bridgehead atoms. The lowest BCUT2D eigenvalue weighted by molar-refractivity contribution is 0.561. The first-order valence-corrected chi connectivity index (χ1v) is 8.64. The average Bonchev–Trinajstić information content (AvgIpc) is 2.68. The Kier molecular flexibility index (Phi) is 3.71. The minimum atomic E-state index is -3.83. The second-order valence-corrected chi connectivity index (χ2v) is 8.05. The first-order chi connectivity index (χ1) is 8.82. The number of nitrogen functional groups attached to an aromatic ring is 1. The van der Waals surface area contributed by atoms with Gasteiger partial charge in [-0.2, -0.15) is 0 Å². The van der Waals surface area contributed by atoms with Crippen LogP contribution in [0, 0.1) is 0 Å². The molecule has 0 saturated carbocycles. The highest BCUT2D eigenvalue weighted by atomic mass is 32.2. The number of sulfone groups is 1. The SMILES string of the molecule is NNc1ncc(S(=O)(=O)NC2CCS(=O)(=O)C2)cn1. The molecule has 1 aliphatic rings. The Labute approximate surface area is 110 Å². The second kappa shape index (κ2) is 5.00. The van der Waals surface area contributed by atoms with Gasteiger partial charge in [0.2, 0.25) is 16.0 Å². The third-order valence-corrected chi connectivity index (χ3v) is 5.86. The van der Waals surface area contributed by atoms with E-state index in [4.69, 9.17) is 5.84 Å². The highest BCUT2D eigenvalue weighted by Gasteiger charge is 2.31. The minimum absolute atomic E-state index is 0.00722. The Morgan fingerprint density at radius 3 is 2.42 bits per heavy atom. The van der Waals surface area contributed by atoms with Crippen LogP contribution in [-0.2, 0) is 19.9 Å². The zero-order chi connectivity index (χ0) is 14.1. The Morgan fingerprint density at radius 1 is 1.32 bits per heavy atom. The molecular formula is C8H13N5O4S2. The quantitative estimate of drug-likeness (QED) is 0.438. The monoisotopic (exact) mass is 307 g/mol. The third-order valence-electron chi connectivity index (χ3n) is 2.62. The molecule has 0 radical (unpaired) electrons. The van der Waals surface area contributed by atoms with Crippen LogP contribution in [0.1, 0.15) is 6.42 Å². The number of hydrogen-bond donors (Lipinski definition) is 3.